The van der Waals surface area contributed by atoms with E-state index in [1.807, 2.05) is 21.2 Å². The fourth-order valence-electron chi connectivity index (χ4n) is 1.99. The van der Waals surface area contributed by atoms with Gasteiger partial charge in [-0.1, -0.05) is 12.0 Å². The molecule has 0 amide bonds. The number of nitrogens with one attached hydrogen (secondary N) is 1. The highest BCUT2D eigenvalue weighted by atomic mass is 127. The summed E-state index contributed by atoms with van der Waals surface area (Å²) in [6, 6.07) is 4.76. The smallest absolute Gasteiger partial charge is 0.339 e. The molecule has 2 aromatic carbocycles. The third-order valence-electron chi connectivity index (χ3n) is 3.04. The van der Waals surface area contributed by atoms with Crippen molar-refractivity contribution in [1.82, 2.24) is 0 Å². The van der Waals surface area contributed by atoms with Gasteiger partial charge in [-0.3, -0.25) is 0 Å². The lowest BCUT2D eigenvalue weighted by molar-refractivity contribution is 0.0697. The molecule has 8 heteroatoms. The summed E-state index contributed by atoms with van der Waals surface area (Å²) in [7, 11) is 1.06. The molecule has 0 heterocycles. The van der Waals surface area contributed by atoms with Crippen LogP contribution < -0.4 is 5.32 Å². The van der Waals surface area contributed by atoms with Crippen LogP contribution in [0.1, 0.15) is 21.5 Å². The van der Waals surface area contributed by atoms with Crippen LogP contribution in [0.25, 0.3) is 0 Å². The van der Waals surface area contributed by atoms with Crippen molar-refractivity contribution < 1.29 is 23.1 Å². The van der Waals surface area contributed by atoms with Gasteiger partial charge in [-0.25, -0.2) is 18.0 Å². The Morgan fingerprint density at radius 3 is 2.54 bits per heavy atom. The van der Waals surface area contributed by atoms with Crippen LogP contribution in [-0.2, 0) is 0 Å². The van der Waals surface area contributed by atoms with Crippen LogP contribution in [0.2, 0.25) is 0 Å². The average molecular weight is 463 g/mol. The van der Waals surface area contributed by atoms with Gasteiger partial charge in [0, 0.05) is 26.8 Å². The minimum Gasteiger partial charge on any atom is -0.478 e. The van der Waals surface area contributed by atoms with Crippen molar-refractivity contribution in [1.29, 1.82) is 0 Å². The predicted octanol–water partition coefficient (Wildman–Crippen LogP) is 5.25. The monoisotopic (exact) mass is 463 g/mol. The van der Waals surface area contributed by atoms with Crippen LogP contribution in [0, 0.1) is 35.5 Å². The minimum absolute atomic E-state index is 0.172. The molecular formula is C16H9F3INO2S. The van der Waals surface area contributed by atoms with Crippen LogP contribution in [0.3, 0.4) is 0 Å². The molecule has 2 aromatic rings. The number of carboxylic acids is 1. The average Bonchev–Trinajstić information content (AvgIpc) is 2.51. The first-order valence-corrected chi connectivity index (χ1v) is 9.78. The Balaban J connectivity index is 2.66. The largest absolute Gasteiger partial charge is 0.478 e. The minimum atomic E-state index is -1.51. The van der Waals surface area contributed by atoms with Crippen LogP contribution in [-0.4, -0.2) is 11.1 Å². The highest BCUT2D eigenvalue weighted by Gasteiger charge is 2.23. The van der Waals surface area contributed by atoms with Gasteiger partial charge in [-0.2, -0.15) is 0 Å². The lowest BCUT2D eigenvalue weighted by Crippen LogP contribution is -2.10. The molecule has 0 unspecified atom stereocenters. The molecule has 0 aromatic heterocycles. The zero-order valence-corrected chi connectivity index (χ0v) is 15.1. The molecule has 2 N–H and O–H groups in total. The van der Waals surface area contributed by atoms with Crippen LogP contribution >= 0.6 is 30.1 Å². The van der Waals surface area contributed by atoms with Crippen LogP contribution in [0.4, 0.5) is 24.5 Å². The van der Waals surface area contributed by atoms with Crippen molar-refractivity contribution in [2.45, 2.75) is 6.92 Å². The first-order chi connectivity index (χ1) is 11.3. The SMILES string of the molecule is Cc1ccc(Nc2c(F)c(F)cc(C#CSI)c2C(=O)O)c(F)c1. The van der Waals surface area contributed by atoms with E-state index >= 15 is 0 Å². The standard InChI is InChI=1S/C16H9F3INO2S/c1-8-2-3-12(10(17)6-8)21-15-13(16(22)23)9(4-5-24-20)7-11(18)14(15)19/h2-3,6-7,21H,1H3,(H,22,23). The van der Waals surface area contributed by atoms with Gasteiger partial charge in [0.25, 0.3) is 0 Å². The number of anilines is 2. The lowest BCUT2D eigenvalue weighted by Gasteiger charge is -2.14. The van der Waals surface area contributed by atoms with Gasteiger partial charge in [-0.15, -0.1) is 0 Å². The summed E-state index contributed by atoms with van der Waals surface area (Å²) in [6.07, 6.45) is 0. The molecule has 0 saturated carbocycles. The molecule has 0 radical (unpaired) electrons. The second-order valence-corrected chi connectivity index (χ2v) is 6.37. The van der Waals surface area contributed by atoms with Crippen molar-refractivity contribution in [2.24, 2.45) is 0 Å². The Labute approximate surface area is 152 Å². The number of aromatic carboxylic acids is 1. The summed E-state index contributed by atoms with van der Waals surface area (Å²) < 4.78 is 41.9. The maximum Gasteiger partial charge on any atom is 0.339 e. The summed E-state index contributed by atoms with van der Waals surface area (Å²) >= 11 is 1.86. The molecule has 0 saturated heterocycles. The number of carbonyl (C=O) groups is 1. The highest BCUT2D eigenvalue weighted by Crippen LogP contribution is 2.30. The maximum absolute atomic E-state index is 14.1. The summed E-state index contributed by atoms with van der Waals surface area (Å²) in [5.41, 5.74) is -0.989. The molecule has 0 atom stereocenters. The third-order valence-corrected chi connectivity index (χ3v) is 3.88. The molecule has 24 heavy (non-hydrogen) atoms. The number of hydrogen-bond donors (Lipinski definition) is 2. The normalized spacial score (nSPS) is 10.0. The van der Waals surface area contributed by atoms with E-state index in [1.165, 1.54) is 12.1 Å². The van der Waals surface area contributed by atoms with Gasteiger partial charge in [-0.05, 0) is 44.9 Å². The van der Waals surface area contributed by atoms with E-state index in [1.54, 1.807) is 13.0 Å². The molecule has 0 aliphatic rings. The molecule has 0 bridgehead atoms. The summed E-state index contributed by atoms with van der Waals surface area (Å²) in [4.78, 5) is 11.5. The van der Waals surface area contributed by atoms with Gasteiger partial charge in [0.2, 0.25) is 0 Å². The van der Waals surface area contributed by atoms with Gasteiger partial charge in [0.05, 0.1) is 11.4 Å². The molecule has 0 fully saturated rings. The van der Waals surface area contributed by atoms with Crippen molar-refractivity contribution in [3.05, 3.63) is 58.4 Å². The second-order valence-electron chi connectivity index (χ2n) is 4.69. The predicted molar refractivity (Wildman–Crippen MR) is 96.2 cm³/mol. The van der Waals surface area contributed by atoms with E-state index in [0.29, 0.717) is 11.6 Å². The Hall–Kier alpha value is -1.86. The molecule has 0 aliphatic carbocycles. The zero-order chi connectivity index (χ0) is 17.9. The summed E-state index contributed by atoms with van der Waals surface area (Å²) in [6.45, 7) is 1.66. The number of hydrogen-bond acceptors (Lipinski definition) is 3. The molecule has 3 nitrogen and oxygen atoms in total. The summed E-state index contributed by atoms with van der Waals surface area (Å²) in [5.74, 6) is -2.47. The first-order valence-electron chi connectivity index (χ1n) is 6.42. The summed E-state index contributed by atoms with van der Waals surface area (Å²) in [5, 5.41) is 14.2. The fourth-order valence-corrected chi connectivity index (χ4v) is 2.47. The van der Waals surface area contributed by atoms with E-state index in [-0.39, 0.29) is 11.3 Å². The lowest BCUT2D eigenvalue weighted by atomic mass is 10.0. The second kappa shape index (κ2) is 7.81. The maximum atomic E-state index is 14.1. The van der Waals surface area contributed by atoms with Gasteiger partial charge in [0.15, 0.2) is 11.6 Å². The Morgan fingerprint density at radius 1 is 1.25 bits per heavy atom. The van der Waals surface area contributed by atoms with Gasteiger partial charge < -0.3 is 10.4 Å². The van der Waals surface area contributed by atoms with E-state index < -0.39 is 34.7 Å². The first kappa shape index (κ1) is 18.5. The molecule has 124 valence electrons. The van der Waals surface area contributed by atoms with E-state index in [2.05, 4.69) is 16.5 Å². The van der Waals surface area contributed by atoms with Gasteiger partial charge >= 0.3 is 5.97 Å². The number of halogens is 4. The Morgan fingerprint density at radius 2 is 1.96 bits per heavy atom. The number of benzene rings is 2. The molecular weight excluding hydrogens is 454 g/mol. The van der Waals surface area contributed by atoms with E-state index in [9.17, 15) is 23.1 Å². The quantitative estimate of drug-likeness (QED) is 0.483. The van der Waals surface area contributed by atoms with Crippen LogP contribution in [0.15, 0.2) is 24.3 Å². The van der Waals surface area contributed by atoms with Crippen molar-refractivity contribution in [3.8, 4) is 11.2 Å². The molecule has 0 spiro atoms. The van der Waals surface area contributed by atoms with Crippen molar-refractivity contribution in [2.75, 3.05) is 5.32 Å². The molecule has 2 rings (SSSR count). The molecule has 0 aliphatic heterocycles. The zero-order valence-electron chi connectivity index (χ0n) is 12.1. The van der Waals surface area contributed by atoms with Crippen molar-refractivity contribution in [3.63, 3.8) is 0 Å². The Kier molecular flexibility index (Phi) is 6.01. The van der Waals surface area contributed by atoms with Crippen LogP contribution in [0.5, 0.6) is 0 Å². The topological polar surface area (TPSA) is 49.3 Å². The van der Waals surface area contributed by atoms with E-state index in [4.69, 9.17) is 0 Å². The van der Waals surface area contributed by atoms with Crippen molar-refractivity contribution >= 4 is 47.5 Å². The number of carboxylic acid groups (broad SMARTS) is 1. The number of aryl methyl sites for hydroxylation is 1. The Bertz CT molecular complexity index is 878. The van der Waals surface area contributed by atoms with Gasteiger partial charge in [0.1, 0.15) is 11.4 Å². The highest BCUT2D eigenvalue weighted by molar-refractivity contribution is 14.2. The third kappa shape index (κ3) is 3.96. The van der Waals surface area contributed by atoms with E-state index in [0.717, 1.165) is 8.93 Å². The fraction of sp³-hybridized carbons (Fsp3) is 0.0625. The number of rotatable bonds is 3.